The molecule has 0 rings (SSSR count). The van der Waals surface area contributed by atoms with Gasteiger partial charge in [0.15, 0.2) is 0 Å². The second kappa shape index (κ2) is 7.96. The Balaban J connectivity index is 3.96. The lowest BCUT2D eigenvalue weighted by Crippen LogP contribution is -1.95. The molecule has 5 nitrogen and oxygen atoms in total. The number of nitrogens with zero attached hydrogens (tertiary/aromatic N) is 2. The van der Waals surface area contributed by atoms with E-state index in [1.54, 1.807) is 0 Å². The summed E-state index contributed by atoms with van der Waals surface area (Å²) in [6.45, 7) is 0.167. The van der Waals surface area contributed by atoms with Crippen molar-refractivity contribution >= 4 is 23.6 Å². The van der Waals surface area contributed by atoms with Crippen LogP contribution < -0.4 is 0 Å². The highest BCUT2D eigenvalue weighted by Crippen LogP contribution is 1.77. The third-order valence-electron chi connectivity index (χ3n) is 0.831. The molecule has 0 aliphatic heterocycles. The summed E-state index contributed by atoms with van der Waals surface area (Å²) in [6, 6.07) is 0. The first kappa shape index (κ1) is 10.9. The number of carbonyl (C=O) groups is 1. The summed E-state index contributed by atoms with van der Waals surface area (Å²) in [5.74, 6) is 5.35. The average Bonchev–Trinajstić information content (AvgIpc) is 2.09. The summed E-state index contributed by atoms with van der Waals surface area (Å²) in [5, 5.41) is 14.6. The molecule has 0 amide bonds. The van der Waals surface area contributed by atoms with E-state index in [0.29, 0.717) is 0 Å². The number of aliphatic carboxylic acids is 1. The molecule has 0 atom stereocenters. The lowest BCUT2D eigenvalue weighted by Gasteiger charge is -1.82. The molecule has 0 fully saturated rings. The Morgan fingerprint density at radius 3 is 2.92 bits per heavy atom. The second-order valence-electron chi connectivity index (χ2n) is 1.78. The van der Waals surface area contributed by atoms with E-state index in [-0.39, 0.29) is 13.0 Å². The van der Waals surface area contributed by atoms with Crippen LogP contribution in [0.1, 0.15) is 6.42 Å². The second-order valence-corrected chi connectivity index (χ2v) is 1.78. The first-order valence-electron chi connectivity index (χ1n) is 3.34. The van der Waals surface area contributed by atoms with E-state index in [1.807, 2.05) is 5.87 Å². The van der Waals surface area contributed by atoms with Gasteiger partial charge in [0, 0.05) is 5.87 Å². The SMILES string of the molecule is N=C=C=NC=C=C=NCCC(=O)O. The monoisotopic (exact) mass is 177 g/mol. The van der Waals surface area contributed by atoms with Crippen molar-refractivity contribution in [3.63, 3.8) is 0 Å². The van der Waals surface area contributed by atoms with Crippen molar-refractivity contribution in [3.8, 4) is 0 Å². The highest BCUT2D eigenvalue weighted by atomic mass is 16.4. The molecule has 0 aromatic rings. The fraction of sp³-hybridized carbons (Fsp3) is 0.250. The van der Waals surface area contributed by atoms with Crippen LogP contribution in [0.15, 0.2) is 21.9 Å². The topological polar surface area (TPSA) is 85.9 Å². The van der Waals surface area contributed by atoms with Crippen LogP contribution in [-0.4, -0.2) is 35.2 Å². The van der Waals surface area contributed by atoms with E-state index >= 15 is 0 Å². The van der Waals surface area contributed by atoms with Crippen LogP contribution in [0.4, 0.5) is 0 Å². The summed E-state index contributed by atoms with van der Waals surface area (Å²) in [7, 11) is 0. The van der Waals surface area contributed by atoms with E-state index in [1.165, 1.54) is 6.20 Å². The molecule has 0 radical (unpaired) electrons. The maximum Gasteiger partial charge on any atom is 0.305 e. The Morgan fingerprint density at radius 1 is 1.54 bits per heavy atom. The van der Waals surface area contributed by atoms with E-state index in [0.717, 1.165) is 0 Å². The van der Waals surface area contributed by atoms with Crippen molar-refractivity contribution in [2.75, 3.05) is 6.54 Å². The minimum absolute atomic E-state index is 0.0294. The summed E-state index contributed by atoms with van der Waals surface area (Å²) in [5.41, 5.74) is 2.41. The molecular formula is C8H7N3O2. The van der Waals surface area contributed by atoms with Gasteiger partial charge < -0.3 is 5.11 Å². The summed E-state index contributed by atoms with van der Waals surface area (Å²) >= 11 is 0. The van der Waals surface area contributed by atoms with Crippen LogP contribution in [-0.2, 0) is 4.79 Å². The van der Waals surface area contributed by atoms with E-state index < -0.39 is 5.97 Å². The molecule has 0 unspecified atom stereocenters. The molecule has 13 heavy (non-hydrogen) atoms. The van der Waals surface area contributed by atoms with Crippen LogP contribution in [0.5, 0.6) is 0 Å². The van der Waals surface area contributed by atoms with Gasteiger partial charge in [-0.3, -0.25) is 4.79 Å². The standard InChI is InChI=1S/C8H7N3O2/c9-3-7-11-5-1-4-10-6-2-8(12)13/h5,9H,2,6H2,(H,12,13). The van der Waals surface area contributed by atoms with Gasteiger partial charge >= 0.3 is 5.97 Å². The Labute approximate surface area is 74.7 Å². The molecule has 5 heteroatoms. The van der Waals surface area contributed by atoms with Crippen molar-refractivity contribution in [3.05, 3.63) is 11.9 Å². The highest BCUT2D eigenvalue weighted by molar-refractivity contribution is 5.86. The first-order valence-corrected chi connectivity index (χ1v) is 3.34. The van der Waals surface area contributed by atoms with Gasteiger partial charge in [-0.15, -0.1) is 0 Å². The Kier molecular flexibility index (Phi) is 6.65. The van der Waals surface area contributed by atoms with Gasteiger partial charge in [0.2, 0.25) is 0 Å². The van der Waals surface area contributed by atoms with Gasteiger partial charge in [0.1, 0.15) is 0 Å². The van der Waals surface area contributed by atoms with Gasteiger partial charge in [0.05, 0.1) is 30.9 Å². The predicted molar refractivity (Wildman–Crippen MR) is 47.8 cm³/mol. The fourth-order valence-corrected chi connectivity index (χ4v) is 0.379. The third-order valence-corrected chi connectivity index (χ3v) is 0.831. The number of carboxylic acids is 1. The maximum absolute atomic E-state index is 10.00. The van der Waals surface area contributed by atoms with Crippen molar-refractivity contribution in [1.82, 2.24) is 0 Å². The fourth-order valence-electron chi connectivity index (χ4n) is 0.379. The molecule has 0 spiro atoms. The maximum atomic E-state index is 10.00. The molecule has 2 N–H and O–H groups in total. The average molecular weight is 177 g/mol. The van der Waals surface area contributed by atoms with Gasteiger partial charge in [0.25, 0.3) is 0 Å². The van der Waals surface area contributed by atoms with Crippen molar-refractivity contribution < 1.29 is 9.90 Å². The summed E-state index contributed by atoms with van der Waals surface area (Å²) in [6.07, 6.45) is 1.17. The smallest absolute Gasteiger partial charge is 0.305 e. The number of aliphatic imine (C=N–C) groups is 2. The van der Waals surface area contributed by atoms with Crippen molar-refractivity contribution in [1.29, 1.82) is 5.41 Å². The number of rotatable bonds is 4. The van der Waals surface area contributed by atoms with E-state index in [9.17, 15) is 4.79 Å². The first-order chi connectivity index (χ1) is 6.27. The minimum Gasteiger partial charge on any atom is -0.481 e. The number of carboxylic acid groups (broad SMARTS) is 1. The largest absolute Gasteiger partial charge is 0.481 e. The molecule has 0 aliphatic carbocycles. The third kappa shape index (κ3) is 9.86. The zero-order valence-corrected chi connectivity index (χ0v) is 6.74. The number of hydrogen-bond acceptors (Lipinski definition) is 4. The van der Waals surface area contributed by atoms with E-state index in [4.69, 9.17) is 10.5 Å². The van der Waals surface area contributed by atoms with Gasteiger partial charge in [-0.2, -0.15) is 4.99 Å². The quantitative estimate of drug-likeness (QED) is 0.477. The zero-order valence-electron chi connectivity index (χ0n) is 6.74. The van der Waals surface area contributed by atoms with Crippen LogP contribution in [0, 0.1) is 5.41 Å². The Bertz CT molecular complexity index is 348. The zero-order chi connectivity index (χ0) is 9.94. The van der Waals surface area contributed by atoms with Crippen LogP contribution in [0.25, 0.3) is 0 Å². The van der Waals surface area contributed by atoms with Crippen LogP contribution in [0.3, 0.4) is 0 Å². The number of nitrogens with one attached hydrogen (secondary N) is 1. The van der Waals surface area contributed by atoms with Crippen LogP contribution in [0.2, 0.25) is 0 Å². The molecule has 0 saturated heterocycles. The van der Waals surface area contributed by atoms with Gasteiger partial charge in [-0.05, 0) is 5.73 Å². The molecule has 0 aliphatic rings. The normalized spacial score (nSPS) is 6.77. The predicted octanol–water partition coefficient (Wildman–Crippen LogP) is 0.274. The molecule has 0 aromatic heterocycles. The van der Waals surface area contributed by atoms with E-state index in [2.05, 4.69) is 27.5 Å². The molecule has 0 saturated carbocycles. The van der Waals surface area contributed by atoms with Gasteiger partial charge in [-0.25, -0.2) is 10.4 Å². The molecular weight excluding hydrogens is 170 g/mol. The highest BCUT2D eigenvalue weighted by Gasteiger charge is 1.90. The summed E-state index contributed by atoms with van der Waals surface area (Å²) < 4.78 is 0. The Hall–Kier alpha value is -2.14. The molecule has 0 aromatic carbocycles. The lowest BCUT2D eigenvalue weighted by atomic mass is 10.4. The molecule has 0 bridgehead atoms. The van der Waals surface area contributed by atoms with Gasteiger partial charge in [-0.1, -0.05) is 0 Å². The van der Waals surface area contributed by atoms with Crippen molar-refractivity contribution in [2.45, 2.75) is 6.42 Å². The lowest BCUT2D eigenvalue weighted by molar-refractivity contribution is -0.136. The molecule has 66 valence electrons. The van der Waals surface area contributed by atoms with Crippen LogP contribution >= 0.6 is 0 Å². The Morgan fingerprint density at radius 2 is 2.31 bits per heavy atom. The molecule has 0 heterocycles. The number of hydrogen-bond donors (Lipinski definition) is 2. The minimum atomic E-state index is -0.903. The van der Waals surface area contributed by atoms with Crippen molar-refractivity contribution in [2.24, 2.45) is 9.98 Å². The summed E-state index contributed by atoms with van der Waals surface area (Å²) in [4.78, 5) is 17.0.